The van der Waals surface area contributed by atoms with Gasteiger partial charge in [0.15, 0.2) is 0 Å². The second-order valence-electron chi connectivity index (χ2n) is 6.69. The second kappa shape index (κ2) is 4.90. The molecule has 3 nitrogen and oxygen atoms in total. The molecule has 0 bridgehead atoms. The fraction of sp³-hybridized carbons (Fsp3) is 0.529. The van der Waals surface area contributed by atoms with Crippen LogP contribution >= 0.6 is 0 Å². The van der Waals surface area contributed by atoms with Crippen molar-refractivity contribution in [3.05, 3.63) is 35.5 Å². The zero-order valence-corrected chi connectivity index (χ0v) is 13.4. The van der Waals surface area contributed by atoms with E-state index in [0.717, 1.165) is 6.54 Å². The van der Waals surface area contributed by atoms with Gasteiger partial charge in [-0.25, -0.2) is 0 Å². The lowest BCUT2D eigenvalue weighted by molar-refractivity contribution is -0.00555. The first-order valence-corrected chi connectivity index (χ1v) is 7.15. The summed E-state index contributed by atoms with van der Waals surface area (Å²) in [6.45, 7) is 10.7. The number of rotatable bonds is 4. The standard InChI is InChI=1S/C17H26N2O/c1-12-13-9-7-8-10-14(13)19(6)15(12)11-18-16(2,3)17(4,5)20/h7-10,18,20H,11H2,1-6H3. The number of aliphatic hydroxyl groups is 1. The molecule has 0 aliphatic heterocycles. The van der Waals surface area contributed by atoms with E-state index < -0.39 is 5.60 Å². The molecule has 0 aliphatic carbocycles. The van der Waals surface area contributed by atoms with E-state index in [1.807, 2.05) is 27.7 Å². The van der Waals surface area contributed by atoms with Crippen LogP contribution in [0.2, 0.25) is 0 Å². The molecule has 0 saturated carbocycles. The molecule has 0 spiro atoms. The quantitative estimate of drug-likeness (QED) is 0.899. The molecule has 0 unspecified atom stereocenters. The minimum Gasteiger partial charge on any atom is -0.389 e. The number of para-hydroxylation sites is 1. The molecule has 2 rings (SSSR count). The number of aromatic nitrogens is 1. The van der Waals surface area contributed by atoms with Gasteiger partial charge >= 0.3 is 0 Å². The predicted octanol–water partition coefficient (Wildman–Crippen LogP) is 3.13. The average molecular weight is 274 g/mol. The summed E-state index contributed by atoms with van der Waals surface area (Å²) >= 11 is 0. The third-order valence-electron chi connectivity index (χ3n) is 4.73. The maximum atomic E-state index is 10.2. The van der Waals surface area contributed by atoms with Crippen molar-refractivity contribution in [2.75, 3.05) is 0 Å². The van der Waals surface area contributed by atoms with Crippen LogP contribution in [0.5, 0.6) is 0 Å². The summed E-state index contributed by atoms with van der Waals surface area (Å²) in [7, 11) is 2.10. The van der Waals surface area contributed by atoms with Crippen LogP contribution in [0, 0.1) is 6.92 Å². The summed E-state index contributed by atoms with van der Waals surface area (Å²) in [4.78, 5) is 0. The summed E-state index contributed by atoms with van der Waals surface area (Å²) in [5.41, 5.74) is 2.70. The molecule has 0 fully saturated rings. The largest absolute Gasteiger partial charge is 0.389 e. The zero-order chi connectivity index (χ0) is 15.1. The second-order valence-corrected chi connectivity index (χ2v) is 6.69. The van der Waals surface area contributed by atoms with Crippen LogP contribution in [-0.2, 0) is 13.6 Å². The van der Waals surface area contributed by atoms with Crippen molar-refractivity contribution in [3.8, 4) is 0 Å². The molecule has 0 atom stereocenters. The van der Waals surface area contributed by atoms with Crippen LogP contribution in [-0.4, -0.2) is 20.8 Å². The van der Waals surface area contributed by atoms with E-state index in [4.69, 9.17) is 0 Å². The van der Waals surface area contributed by atoms with E-state index in [1.54, 1.807) is 0 Å². The van der Waals surface area contributed by atoms with Gasteiger partial charge in [0, 0.05) is 35.7 Å². The van der Waals surface area contributed by atoms with E-state index in [0.29, 0.717) is 0 Å². The summed E-state index contributed by atoms with van der Waals surface area (Å²) < 4.78 is 2.23. The summed E-state index contributed by atoms with van der Waals surface area (Å²) in [6, 6.07) is 8.45. The minimum absolute atomic E-state index is 0.351. The van der Waals surface area contributed by atoms with Gasteiger partial charge < -0.3 is 15.0 Å². The van der Waals surface area contributed by atoms with Crippen molar-refractivity contribution in [3.63, 3.8) is 0 Å². The lowest BCUT2D eigenvalue weighted by atomic mass is 9.86. The highest BCUT2D eigenvalue weighted by atomic mass is 16.3. The molecular weight excluding hydrogens is 248 g/mol. The molecule has 2 N–H and O–H groups in total. The van der Waals surface area contributed by atoms with Crippen LogP contribution in [0.3, 0.4) is 0 Å². The molecule has 3 heteroatoms. The Hall–Kier alpha value is -1.32. The van der Waals surface area contributed by atoms with E-state index in [-0.39, 0.29) is 5.54 Å². The summed E-state index contributed by atoms with van der Waals surface area (Å²) in [6.07, 6.45) is 0. The maximum Gasteiger partial charge on any atom is 0.0767 e. The first-order chi connectivity index (χ1) is 9.15. The van der Waals surface area contributed by atoms with E-state index in [2.05, 4.69) is 48.1 Å². The molecule has 1 aromatic heterocycles. The minimum atomic E-state index is -0.772. The Balaban J connectivity index is 2.32. The van der Waals surface area contributed by atoms with Crippen molar-refractivity contribution < 1.29 is 5.11 Å². The maximum absolute atomic E-state index is 10.2. The van der Waals surface area contributed by atoms with Gasteiger partial charge in [0.2, 0.25) is 0 Å². The van der Waals surface area contributed by atoms with Crippen LogP contribution in [0.25, 0.3) is 10.9 Å². The first-order valence-electron chi connectivity index (χ1n) is 7.15. The Kier molecular flexibility index (Phi) is 3.69. The van der Waals surface area contributed by atoms with Crippen LogP contribution < -0.4 is 5.32 Å². The number of benzene rings is 1. The Morgan fingerprint density at radius 2 is 1.75 bits per heavy atom. The molecule has 2 aromatic rings. The Bertz CT molecular complexity index is 579. The Labute approximate surface area is 121 Å². The number of aryl methyl sites for hydroxylation is 2. The average Bonchev–Trinajstić information content (AvgIpc) is 2.59. The Morgan fingerprint density at radius 3 is 2.30 bits per heavy atom. The molecule has 0 saturated heterocycles. The monoisotopic (exact) mass is 274 g/mol. The van der Waals surface area contributed by atoms with Crippen molar-refractivity contribution in [1.82, 2.24) is 9.88 Å². The van der Waals surface area contributed by atoms with Gasteiger partial charge in [0.05, 0.1) is 5.60 Å². The predicted molar refractivity (Wildman–Crippen MR) is 84.9 cm³/mol. The van der Waals surface area contributed by atoms with Gasteiger partial charge in [0.25, 0.3) is 0 Å². The first kappa shape index (κ1) is 15.1. The van der Waals surface area contributed by atoms with Crippen molar-refractivity contribution in [2.24, 2.45) is 7.05 Å². The van der Waals surface area contributed by atoms with Gasteiger partial charge in [-0.05, 0) is 46.2 Å². The van der Waals surface area contributed by atoms with Crippen molar-refractivity contribution in [2.45, 2.75) is 52.3 Å². The highest BCUT2D eigenvalue weighted by Crippen LogP contribution is 2.26. The van der Waals surface area contributed by atoms with Crippen molar-refractivity contribution >= 4 is 10.9 Å². The molecule has 110 valence electrons. The van der Waals surface area contributed by atoms with Gasteiger partial charge in [-0.1, -0.05) is 18.2 Å². The number of hydrogen-bond acceptors (Lipinski definition) is 2. The lowest BCUT2D eigenvalue weighted by Gasteiger charge is -2.38. The molecule has 0 aliphatic rings. The van der Waals surface area contributed by atoms with E-state index in [1.165, 1.54) is 22.2 Å². The zero-order valence-electron chi connectivity index (χ0n) is 13.4. The van der Waals surface area contributed by atoms with Crippen LogP contribution in [0.15, 0.2) is 24.3 Å². The summed E-state index contributed by atoms with van der Waals surface area (Å²) in [5, 5.41) is 15.0. The smallest absolute Gasteiger partial charge is 0.0767 e. The van der Waals surface area contributed by atoms with Gasteiger partial charge in [-0.15, -0.1) is 0 Å². The topological polar surface area (TPSA) is 37.2 Å². The van der Waals surface area contributed by atoms with Crippen molar-refractivity contribution in [1.29, 1.82) is 0 Å². The lowest BCUT2D eigenvalue weighted by Crippen LogP contribution is -2.55. The number of hydrogen-bond donors (Lipinski definition) is 2. The molecule has 1 aromatic carbocycles. The fourth-order valence-electron chi connectivity index (χ4n) is 2.41. The normalized spacial score (nSPS) is 13.2. The SMILES string of the molecule is Cc1c(CNC(C)(C)C(C)(C)O)n(C)c2ccccc12. The highest BCUT2D eigenvalue weighted by Gasteiger charge is 2.34. The number of nitrogens with zero attached hydrogens (tertiary/aromatic N) is 1. The highest BCUT2D eigenvalue weighted by molar-refractivity contribution is 5.85. The van der Waals surface area contributed by atoms with Crippen LogP contribution in [0.4, 0.5) is 0 Å². The molecular formula is C17H26N2O. The molecule has 0 amide bonds. The third-order valence-corrected chi connectivity index (χ3v) is 4.73. The summed E-state index contributed by atoms with van der Waals surface area (Å²) in [5.74, 6) is 0. The third kappa shape index (κ3) is 2.48. The van der Waals surface area contributed by atoms with E-state index in [9.17, 15) is 5.11 Å². The molecule has 20 heavy (non-hydrogen) atoms. The van der Waals surface area contributed by atoms with Gasteiger partial charge in [0.1, 0.15) is 0 Å². The van der Waals surface area contributed by atoms with Gasteiger partial charge in [-0.2, -0.15) is 0 Å². The number of nitrogens with one attached hydrogen (secondary N) is 1. The fourth-order valence-corrected chi connectivity index (χ4v) is 2.41. The Morgan fingerprint density at radius 1 is 1.15 bits per heavy atom. The number of fused-ring (bicyclic) bond motifs is 1. The molecule has 0 radical (unpaired) electrons. The van der Waals surface area contributed by atoms with E-state index >= 15 is 0 Å². The van der Waals surface area contributed by atoms with Gasteiger partial charge in [-0.3, -0.25) is 0 Å². The van der Waals surface area contributed by atoms with Crippen LogP contribution in [0.1, 0.15) is 39.0 Å². The molecule has 1 heterocycles.